The molecule has 0 spiro atoms. The molecular formula is C10H20O2. The Hall–Kier alpha value is -0.370. The van der Waals surface area contributed by atoms with Crippen molar-refractivity contribution in [1.82, 2.24) is 0 Å². The smallest absolute Gasteiger partial charge is 0.137 e. The van der Waals surface area contributed by atoms with Gasteiger partial charge in [0.05, 0.1) is 6.10 Å². The molecule has 0 aliphatic heterocycles. The second kappa shape index (κ2) is 6.18. The number of carbonyl (C=O) groups is 1. The number of hydrogen-bond acceptors (Lipinski definition) is 2. The number of rotatable bonds is 6. The molecule has 2 heteroatoms. The highest BCUT2D eigenvalue weighted by atomic mass is 16.3. The van der Waals surface area contributed by atoms with Crippen LogP contribution in [0.3, 0.4) is 0 Å². The van der Waals surface area contributed by atoms with Gasteiger partial charge < -0.3 is 5.11 Å². The molecule has 0 heterocycles. The lowest BCUT2D eigenvalue weighted by Crippen LogP contribution is -2.17. The van der Waals surface area contributed by atoms with Crippen LogP contribution in [0.25, 0.3) is 0 Å². The maximum Gasteiger partial charge on any atom is 0.137 e. The summed E-state index contributed by atoms with van der Waals surface area (Å²) in [4.78, 5) is 11.2. The number of hydrogen-bond donors (Lipinski definition) is 1. The molecule has 0 aliphatic rings. The van der Waals surface area contributed by atoms with Gasteiger partial charge in [-0.25, -0.2) is 0 Å². The van der Waals surface area contributed by atoms with Crippen molar-refractivity contribution < 1.29 is 9.90 Å². The number of aliphatic hydroxyl groups is 1. The molecule has 0 rings (SSSR count). The molecule has 1 N–H and O–H groups in total. The molecule has 0 saturated heterocycles. The molecule has 72 valence electrons. The third kappa shape index (κ3) is 5.30. The fourth-order valence-electron chi connectivity index (χ4n) is 1.01. The lowest BCUT2D eigenvalue weighted by Gasteiger charge is -2.10. The van der Waals surface area contributed by atoms with Gasteiger partial charge in [-0.2, -0.15) is 0 Å². The first-order valence-electron chi connectivity index (χ1n) is 4.78. The van der Waals surface area contributed by atoms with Crippen molar-refractivity contribution in [3.63, 3.8) is 0 Å². The van der Waals surface area contributed by atoms with Gasteiger partial charge in [0.25, 0.3) is 0 Å². The van der Waals surface area contributed by atoms with Crippen molar-refractivity contribution in [2.24, 2.45) is 5.92 Å². The van der Waals surface area contributed by atoms with Gasteiger partial charge >= 0.3 is 0 Å². The van der Waals surface area contributed by atoms with Gasteiger partial charge in [-0.05, 0) is 6.42 Å². The fourth-order valence-corrected chi connectivity index (χ4v) is 1.01. The van der Waals surface area contributed by atoms with Crippen LogP contribution in [0.5, 0.6) is 0 Å². The van der Waals surface area contributed by atoms with Crippen molar-refractivity contribution in [2.75, 3.05) is 0 Å². The first-order valence-corrected chi connectivity index (χ1v) is 4.78. The Morgan fingerprint density at radius 2 is 2.00 bits per heavy atom. The minimum absolute atomic E-state index is 0.0567. The minimum Gasteiger partial charge on any atom is -0.393 e. The molecule has 0 aromatic heterocycles. The van der Waals surface area contributed by atoms with Gasteiger partial charge in [0.1, 0.15) is 5.78 Å². The Bertz CT molecular complexity index is 130. The monoisotopic (exact) mass is 172 g/mol. The van der Waals surface area contributed by atoms with E-state index in [2.05, 4.69) is 6.92 Å². The number of Topliss-reactive ketones (excluding diaryl/α,β-unsaturated/α-hetero) is 1. The summed E-state index contributed by atoms with van der Waals surface area (Å²) >= 11 is 0. The van der Waals surface area contributed by atoms with Crippen LogP contribution in [0.1, 0.15) is 46.5 Å². The van der Waals surface area contributed by atoms with Crippen molar-refractivity contribution >= 4 is 5.78 Å². The zero-order valence-electron chi connectivity index (χ0n) is 8.34. The first kappa shape index (κ1) is 11.6. The third-order valence-corrected chi connectivity index (χ3v) is 1.97. The average molecular weight is 172 g/mol. The number of ketones is 1. The van der Waals surface area contributed by atoms with E-state index < -0.39 is 6.10 Å². The Morgan fingerprint density at radius 3 is 2.42 bits per heavy atom. The molecule has 0 radical (unpaired) electrons. The Morgan fingerprint density at radius 1 is 1.42 bits per heavy atom. The van der Waals surface area contributed by atoms with Crippen molar-refractivity contribution in [3.8, 4) is 0 Å². The van der Waals surface area contributed by atoms with Crippen LogP contribution in [0.4, 0.5) is 0 Å². The van der Waals surface area contributed by atoms with E-state index in [4.69, 9.17) is 0 Å². The van der Waals surface area contributed by atoms with Crippen LogP contribution >= 0.6 is 0 Å². The molecule has 12 heavy (non-hydrogen) atoms. The standard InChI is InChI=1S/C10H20O2/c1-4-5-6-9(11)7-10(12)8(2)3/h8-9,11H,4-7H2,1-3H3. The highest BCUT2D eigenvalue weighted by Crippen LogP contribution is 2.08. The van der Waals surface area contributed by atoms with E-state index in [-0.39, 0.29) is 11.7 Å². The predicted molar refractivity (Wildman–Crippen MR) is 50.0 cm³/mol. The summed E-state index contributed by atoms with van der Waals surface area (Å²) in [7, 11) is 0. The summed E-state index contributed by atoms with van der Waals surface area (Å²) in [6.45, 7) is 5.82. The van der Waals surface area contributed by atoms with E-state index in [1.165, 1.54) is 0 Å². The molecule has 0 aromatic rings. The molecule has 0 saturated carbocycles. The van der Waals surface area contributed by atoms with Crippen molar-refractivity contribution in [1.29, 1.82) is 0 Å². The predicted octanol–water partition coefficient (Wildman–Crippen LogP) is 2.15. The molecule has 0 amide bonds. The molecule has 2 nitrogen and oxygen atoms in total. The average Bonchev–Trinajstić information content (AvgIpc) is 2.00. The lowest BCUT2D eigenvalue weighted by molar-refractivity contribution is -0.123. The second-order valence-corrected chi connectivity index (χ2v) is 3.62. The quantitative estimate of drug-likeness (QED) is 0.666. The lowest BCUT2D eigenvalue weighted by atomic mass is 10.0. The molecule has 1 atom stereocenters. The van der Waals surface area contributed by atoms with E-state index in [0.29, 0.717) is 6.42 Å². The van der Waals surface area contributed by atoms with Gasteiger partial charge in [-0.1, -0.05) is 33.6 Å². The van der Waals surface area contributed by atoms with Gasteiger partial charge in [0.15, 0.2) is 0 Å². The van der Waals surface area contributed by atoms with E-state index in [1.807, 2.05) is 13.8 Å². The summed E-state index contributed by atoms with van der Waals surface area (Å²) in [5, 5.41) is 9.38. The molecule has 0 fully saturated rings. The zero-order valence-corrected chi connectivity index (χ0v) is 8.34. The van der Waals surface area contributed by atoms with E-state index in [9.17, 15) is 9.90 Å². The molecular weight excluding hydrogens is 152 g/mol. The van der Waals surface area contributed by atoms with Crippen molar-refractivity contribution in [2.45, 2.75) is 52.6 Å². The minimum atomic E-state index is -0.417. The molecule has 1 unspecified atom stereocenters. The van der Waals surface area contributed by atoms with E-state index in [1.54, 1.807) is 0 Å². The van der Waals surface area contributed by atoms with Crippen LogP contribution < -0.4 is 0 Å². The SMILES string of the molecule is CCCCC(O)CC(=O)C(C)C. The Balaban J connectivity index is 3.54. The second-order valence-electron chi connectivity index (χ2n) is 3.62. The third-order valence-electron chi connectivity index (χ3n) is 1.97. The highest BCUT2D eigenvalue weighted by molar-refractivity contribution is 5.80. The zero-order chi connectivity index (χ0) is 9.56. The summed E-state index contributed by atoms with van der Waals surface area (Å²) in [6, 6.07) is 0. The van der Waals surface area contributed by atoms with E-state index >= 15 is 0 Å². The topological polar surface area (TPSA) is 37.3 Å². The van der Waals surface area contributed by atoms with Gasteiger partial charge in [-0.15, -0.1) is 0 Å². The van der Waals surface area contributed by atoms with E-state index in [0.717, 1.165) is 19.3 Å². The maximum atomic E-state index is 11.2. The van der Waals surface area contributed by atoms with Crippen LogP contribution in [-0.4, -0.2) is 17.0 Å². The largest absolute Gasteiger partial charge is 0.393 e. The Kier molecular flexibility index (Phi) is 5.99. The van der Waals surface area contributed by atoms with Gasteiger partial charge in [-0.3, -0.25) is 4.79 Å². The number of carbonyl (C=O) groups excluding carboxylic acids is 1. The van der Waals surface area contributed by atoms with Crippen LogP contribution in [0.2, 0.25) is 0 Å². The summed E-state index contributed by atoms with van der Waals surface area (Å²) in [5.74, 6) is 0.222. The van der Waals surface area contributed by atoms with Gasteiger partial charge in [0, 0.05) is 12.3 Å². The number of aliphatic hydroxyl groups excluding tert-OH is 1. The summed E-state index contributed by atoms with van der Waals surface area (Å²) in [5.41, 5.74) is 0. The Labute approximate surface area is 75.0 Å². The summed E-state index contributed by atoms with van der Waals surface area (Å²) in [6.07, 6.45) is 2.76. The van der Waals surface area contributed by atoms with Crippen LogP contribution in [0.15, 0.2) is 0 Å². The van der Waals surface area contributed by atoms with Crippen molar-refractivity contribution in [3.05, 3.63) is 0 Å². The number of unbranched alkanes of at least 4 members (excludes halogenated alkanes) is 1. The maximum absolute atomic E-state index is 11.2. The normalized spacial score (nSPS) is 13.4. The van der Waals surface area contributed by atoms with Crippen LogP contribution in [-0.2, 0) is 4.79 Å². The van der Waals surface area contributed by atoms with Gasteiger partial charge in [0.2, 0.25) is 0 Å². The highest BCUT2D eigenvalue weighted by Gasteiger charge is 2.12. The molecule has 0 aliphatic carbocycles. The molecule has 0 bridgehead atoms. The fraction of sp³-hybridized carbons (Fsp3) is 0.900. The molecule has 0 aromatic carbocycles. The van der Waals surface area contributed by atoms with Crippen LogP contribution in [0, 0.1) is 5.92 Å². The first-order chi connectivity index (χ1) is 5.57. The summed E-state index contributed by atoms with van der Waals surface area (Å²) < 4.78 is 0.